The highest BCUT2D eigenvalue weighted by atomic mass is 32.2. The fourth-order valence-corrected chi connectivity index (χ4v) is 4.50. The van der Waals surface area contributed by atoms with Crippen molar-refractivity contribution in [2.45, 2.75) is 61.1 Å². The molecule has 0 saturated heterocycles. The molecular formula is C12H22N2S3. The van der Waals surface area contributed by atoms with Gasteiger partial charge in [0.2, 0.25) is 0 Å². The fourth-order valence-electron chi connectivity index (χ4n) is 1.34. The Kier molecular flexibility index (Phi) is 9.20. The summed E-state index contributed by atoms with van der Waals surface area (Å²) in [4.78, 5) is 0. The van der Waals surface area contributed by atoms with Crippen molar-refractivity contribution in [1.82, 2.24) is 10.2 Å². The molecule has 0 aliphatic carbocycles. The van der Waals surface area contributed by atoms with Crippen LogP contribution in [-0.2, 0) is 0 Å². The summed E-state index contributed by atoms with van der Waals surface area (Å²) in [5.41, 5.74) is 0. The van der Waals surface area contributed by atoms with Crippen LogP contribution in [0.4, 0.5) is 0 Å². The minimum atomic E-state index is 1.14. The van der Waals surface area contributed by atoms with Gasteiger partial charge >= 0.3 is 0 Å². The first kappa shape index (κ1) is 15.3. The number of thioether (sulfide) groups is 2. The Hall–Kier alpha value is 0.260. The molecule has 0 radical (unpaired) electrons. The lowest BCUT2D eigenvalue weighted by molar-refractivity contribution is 0.777. The van der Waals surface area contributed by atoms with E-state index in [1.54, 1.807) is 11.3 Å². The molecular weight excluding hydrogens is 268 g/mol. The van der Waals surface area contributed by atoms with Gasteiger partial charge in [-0.05, 0) is 12.8 Å². The molecule has 2 nitrogen and oxygen atoms in total. The molecule has 0 unspecified atom stereocenters. The molecule has 0 amide bonds. The Balaban J connectivity index is 2.14. The van der Waals surface area contributed by atoms with E-state index in [2.05, 4.69) is 24.0 Å². The van der Waals surface area contributed by atoms with Gasteiger partial charge in [0, 0.05) is 11.5 Å². The van der Waals surface area contributed by atoms with E-state index in [9.17, 15) is 0 Å². The standard InChI is InChI=1S/C12H22N2S3/c1-3-5-7-9-15-11-13-14-12(17-11)16-10-8-6-4-2/h3-10H2,1-2H3. The molecule has 1 heterocycles. The van der Waals surface area contributed by atoms with E-state index >= 15 is 0 Å². The van der Waals surface area contributed by atoms with Crippen molar-refractivity contribution in [1.29, 1.82) is 0 Å². The summed E-state index contributed by atoms with van der Waals surface area (Å²) >= 11 is 5.47. The summed E-state index contributed by atoms with van der Waals surface area (Å²) in [6, 6.07) is 0. The van der Waals surface area contributed by atoms with Crippen LogP contribution in [-0.4, -0.2) is 21.7 Å². The third-order valence-electron chi connectivity index (χ3n) is 2.33. The Bertz CT molecular complexity index is 263. The molecule has 0 bridgehead atoms. The van der Waals surface area contributed by atoms with E-state index in [1.165, 1.54) is 50.0 Å². The van der Waals surface area contributed by atoms with Crippen LogP contribution >= 0.6 is 34.9 Å². The quantitative estimate of drug-likeness (QED) is 0.442. The van der Waals surface area contributed by atoms with Crippen molar-refractivity contribution < 1.29 is 0 Å². The van der Waals surface area contributed by atoms with Gasteiger partial charge in [0.1, 0.15) is 0 Å². The molecule has 0 fully saturated rings. The van der Waals surface area contributed by atoms with E-state index in [0.29, 0.717) is 0 Å². The van der Waals surface area contributed by atoms with Gasteiger partial charge in [0.25, 0.3) is 0 Å². The van der Waals surface area contributed by atoms with Crippen LogP contribution in [0.15, 0.2) is 8.68 Å². The Morgan fingerprint density at radius 3 is 1.71 bits per heavy atom. The summed E-state index contributed by atoms with van der Waals surface area (Å²) in [7, 11) is 0. The van der Waals surface area contributed by atoms with Gasteiger partial charge in [-0.2, -0.15) is 0 Å². The number of nitrogens with zero attached hydrogens (tertiary/aromatic N) is 2. The molecule has 0 atom stereocenters. The number of unbranched alkanes of at least 4 members (excludes halogenated alkanes) is 4. The lowest BCUT2D eigenvalue weighted by Crippen LogP contribution is -1.79. The summed E-state index contributed by atoms with van der Waals surface area (Å²) in [5.74, 6) is 2.37. The normalized spacial score (nSPS) is 10.9. The van der Waals surface area contributed by atoms with Gasteiger partial charge in [-0.25, -0.2) is 0 Å². The number of aromatic nitrogens is 2. The van der Waals surface area contributed by atoms with Crippen LogP contribution < -0.4 is 0 Å². The van der Waals surface area contributed by atoms with Crippen molar-refractivity contribution in [3.8, 4) is 0 Å². The molecule has 0 saturated carbocycles. The Labute approximate surface area is 117 Å². The molecule has 1 rings (SSSR count). The third kappa shape index (κ3) is 7.32. The minimum absolute atomic E-state index is 1.14. The molecule has 0 spiro atoms. The van der Waals surface area contributed by atoms with Crippen LogP contribution in [0.1, 0.15) is 52.4 Å². The zero-order valence-electron chi connectivity index (χ0n) is 10.8. The molecule has 5 heteroatoms. The van der Waals surface area contributed by atoms with E-state index < -0.39 is 0 Å². The van der Waals surface area contributed by atoms with Crippen LogP contribution in [0.25, 0.3) is 0 Å². The SMILES string of the molecule is CCCCCSc1nnc(SCCCCC)s1. The summed E-state index contributed by atoms with van der Waals surface area (Å²) in [5, 5.41) is 8.45. The maximum Gasteiger partial charge on any atom is 0.175 e. The zero-order valence-corrected chi connectivity index (χ0v) is 13.2. The molecule has 0 N–H and O–H groups in total. The lowest BCUT2D eigenvalue weighted by atomic mass is 10.3. The molecule has 1 aromatic heterocycles. The average molecular weight is 291 g/mol. The second kappa shape index (κ2) is 10.2. The van der Waals surface area contributed by atoms with Crippen LogP contribution in [0.5, 0.6) is 0 Å². The highest BCUT2D eigenvalue weighted by Gasteiger charge is 2.04. The van der Waals surface area contributed by atoms with Crippen molar-refractivity contribution in [3.05, 3.63) is 0 Å². The highest BCUT2D eigenvalue weighted by molar-refractivity contribution is 8.03. The predicted octanol–water partition coefficient (Wildman–Crippen LogP) is 5.10. The first-order valence-electron chi connectivity index (χ1n) is 6.46. The van der Waals surface area contributed by atoms with Crippen LogP contribution in [0.2, 0.25) is 0 Å². The van der Waals surface area contributed by atoms with Crippen molar-refractivity contribution in [2.75, 3.05) is 11.5 Å². The van der Waals surface area contributed by atoms with Gasteiger partial charge < -0.3 is 0 Å². The third-order valence-corrected chi connectivity index (χ3v) is 5.70. The molecule has 98 valence electrons. The monoisotopic (exact) mass is 290 g/mol. The molecule has 0 aromatic carbocycles. The summed E-state index contributed by atoms with van der Waals surface area (Å²) < 4.78 is 2.28. The molecule has 0 aliphatic heterocycles. The maximum absolute atomic E-state index is 4.22. The predicted molar refractivity (Wildman–Crippen MR) is 80.4 cm³/mol. The second-order valence-electron chi connectivity index (χ2n) is 3.95. The number of hydrogen-bond donors (Lipinski definition) is 0. The zero-order chi connectivity index (χ0) is 12.3. The minimum Gasteiger partial charge on any atom is -0.131 e. The topological polar surface area (TPSA) is 25.8 Å². The van der Waals surface area contributed by atoms with E-state index in [1.807, 2.05) is 23.5 Å². The van der Waals surface area contributed by atoms with Crippen molar-refractivity contribution in [2.24, 2.45) is 0 Å². The molecule has 1 aromatic rings. The Morgan fingerprint density at radius 1 is 0.824 bits per heavy atom. The largest absolute Gasteiger partial charge is 0.175 e. The van der Waals surface area contributed by atoms with Crippen molar-refractivity contribution >= 4 is 34.9 Å². The van der Waals surface area contributed by atoms with Crippen LogP contribution in [0.3, 0.4) is 0 Å². The van der Waals surface area contributed by atoms with Gasteiger partial charge in [-0.3, -0.25) is 0 Å². The first-order chi connectivity index (χ1) is 8.36. The summed E-state index contributed by atoms with van der Waals surface area (Å²) in [6.07, 6.45) is 7.80. The number of rotatable bonds is 10. The summed E-state index contributed by atoms with van der Waals surface area (Å²) in [6.45, 7) is 4.47. The van der Waals surface area contributed by atoms with E-state index in [4.69, 9.17) is 0 Å². The first-order valence-corrected chi connectivity index (χ1v) is 9.24. The second-order valence-corrected chi connectivity index (χ2v) is 7.61. The van der Waals surface area contributed by atoms with Gasteiger partial charge in [0.05, 0.1) is 0 Å². The van der Waals surface area contributed by atoms with Crippen LogP contribution in [0, 0.1) is 0 Å². The van der Waals surface area contributed by atoms with Gasteiger partial charge in [-0.15, -0.1) is 10.2 Å². The average Bonchev–Trinajstić information content (AvgIpc) is 2.78. The molecule has 0 aliphatic rings. The molecule has 17 heavy (non-hydrogen) atoms. The fraction of sp³-hybridized carbons (Fsp3) is 0.833. The maximum atomic E-state index is 4.22. The van der Waals surface area contributed by atoms with Gasteiger partial charge in [-0.1, -0.05) is 74.4 Å². The smallest absolute Gasteiger partial charge is 0.131 e. The highest BCUT2D eigenvalue weighted by Crippen LogP contribution is 2.29. The Morgan fingerprint density at radius 2 is 1.29 bits per heavy atom. The van der Waals surface area contributed by atoms with Crippen molar-refractivity contribution in [3.63, 3.8) is 0 Å². The lowest BCUT2D eigenvalue weighted by Gasteiger charge is -1.95. The van der Waals surface area contributed by atoms with Gasteiger partial charge in [0.15, 0.2) is 8.68 Å². The van der Waals surface area contributed by atoms with E-state index in [-0.39, 0.29) is 0 Å². The number of hydrogen-bond acceptors (Lipinski definition) is 5. The van der Waals surface area contributed by atoms with E-state index in [0.717, 1.165) is 8.68 Å².